The molecule has 0 bridgehead atoms. The minimum absolute atomic E-state index is 0.0905. The number of ether oxygens (including phenoxy) is 5. The maximum Gasteiger partial charge on any atom is 0.310 e. The van der Waals surface area contributed by atoms with Crippen LogP contribution in [0.1, 0.15) is 34.2 Å². The molecule has 1 saturated heterocycles. The third-order valence-corrected chi connectivity index (χ3v) is 9.56. The monoisotopic (exact) mass is 667 g/mol. The van der Waals surface area contributed by atoms with Gasteiger partial charge in [-0.3, -0.25) is 9.59 Å². The first kappa shape index (κ1) is 32.0. The Bertz CT molecular complexity index is 1850. The largest absolute Gasteiger partial charge is 0.508 e. The van der Waals surface area contributed by atoms with Crippen molar-refractivity contribution in [1.29, 1.82) is 0 Å². The van der Waals surface area contributed by atoms with Crippen molar-refractivity contribution >= 4 is 23.3 Å². The maximum atomic E-state index is 13.5. The number of benzene rings is 4. The minimum atomic E-state index is -0.560. The van der Waals surface area contributed by atoms with E-state index in [1.54, 1.807) is 43.4 Å². The number of amides is 1. The van der Waals surface area contributed by atoms with E-state index in [1.807, 2.05) is 36.4 Å². The second-order valence-corrected chi connectivity index (χ2v) is 12.3. The Morgan fingerprint density at radius 1 is 0.878 bits per heavy atom. The van der Waals surface area contributed by atoms with Crippen LogP contribution in [0.3, 0.4) is 0 Å². The third kappa shape index (κ3) is 5.99. The van der Waals surface area contributed by atoms with Crippen LogP contribution in [-0.2, 0) is 20.7 Å². The minimum Gasteiger partial charge on any atom is -0.508 e. The van der Waals surface area contributed by atoms with Crippen LogP contribution < -0.4 is 34.9 Å². The number of carbonyl (C=O) groups is 2. The average Bonchev–Trinajstić information content (AvgIpc) is 3.74. The number of esters is 1. The molecule has 2 heterocycles. The molecule has 0 saturated carbocycles. The molecular weight excluding hydrogens is 630 g/mol. The van der Waals surface area contributed by atoms with E-state index < -0.39 is 17.9 Å². The number of carbonyl (C=O) groups excluding carboxylic acids is 2. The summed E-state index contributed by atoms with van der Waals surface area (Å²) < 4.78 is 28.2. The van der Waals surface area contributed by atoms with Crippen molar-refractivity contribution in [3.05, 3.63) is 95.1 Å². The molecule has 254 valence electrons. The molecule has 0 unspecified atom stereocenters. The van der Waals surface area contributed by atoms with Crippen molar-refractivity contribution < 1.29 is 43.5 Å². The topological polar surface area (TPSA) is 157 Å². The lowest BCUT2D eigenvalue weighted by Gasteiger charge is -2.40. The number of phenolic OH excluding ortho intramolecular Hbond substituents is 2. The van der Waals surface area contributed by atoms with Crippen molar-refractivity contribution in [3.8, 4) is 34.5 Å². The van der Waals surface area contributed by atoms with Crippen LogP contribution in [0, 0.1) is 11.8 Å². The Morgan fingerprint density at radius 2 is 1.51 bits per heavy atom. The van der Waals surface area contributed by atoms with Crippen LogP contribution in [0.5, 0.6) is 34.5 Å². The third-order valence-electron chi connectivity index (χ3n) is 9.56. The molecule has 12 nitrogen and oxygen atoms in total. The van der Waals surface area contributed by atoms with Gasteiger partial charge in [0.1, 0.15) is 5.75 Å². The van der Waals surface area contributed by atoms with E-state index in [2.05, 4.69) is 16.0 Å². The average molecular weight is 668 g/mol. The molecule has 1 fully saturated rings. The number of phenols is 2. The molecule has 4 aromatic rings. The molecule has 5 N–H and O–H groups in total. The summed E-state index contributed by atoms with van der Waals surface area (Å²) in [4.78, 5) is 26.6. The van der Waals surface area contributed by atoms with Gasteiger partial charge in [-0.2, -0.15) is 0 Å². The summed E-state index contributed by atoms with van der Waals surface area (Å²) in [6.07, 6.45) is 0.454. The fourth-order valence-electron chi connectivity index (χ4n) is 7.09. The van der Waals surface area contributed by atoms with Gasteiger partial charge in [0.05, 0.1) is 38.8 Å². The quantitative estimate of drug-likeness (QED) is 0.149. The Morgan fingerprint density at radius 3 is 2.14 bits per heavy atom. The molecule has 4 aromatic carbocycles. The number of nitrogens with one attached hydrogen (secondary N) is 3. The van der Waals surface area contributed by atoms with E-state index in [9.17, 15) is 19.8 Å². The fourth-order valence-corrected chi connectivity index (χ4v) is 7.09. The van der Waals surface area contributed by atoms with Gasteiger partial charge >= 0.3 is 5.97 Å². The van der Waals surface area contributed by atoms with Gasteiger partial charge in [-0.05, 0) is 96.4 Å². The normalized spacial score (nSPS) is 20.8. The van der Waals surface area contributed by atoms with E-state index in [4.69, 9.17) is 23.7 Å². The molecule has 1 amide bonds. The smallest absolute Gasteiger partial charge is 0.310 e. The standard InChI is InChI=1S/C37H37N3O9/c1-38-27(12-19-4-10-23(41)11-5-19)36(43)40-22-8-6-21(7-9-22)39-34-25-16-29-28(48-18-49-29)15-24(25)32(33-26(34)17-47-37(33)44)20-13-30(45-2)35(42)31(14-20)46-3/h4-11,13-16,26-27,32-34,38-39,41-42H,12,17-18H2,1-3H3,(H,40,43)/t26-,27-,32+,33-,34+/m0/s1. The molecule has 12 heteroatoms. The van der Waals surface area contributed by atoms with E-state index in [1.165, 1.54) is 14.2 Å². The van der Waals surface area contributed by atoms with Crippen LogP contribution >= 0.6 is 0 Å². The molecule has 3 aliphatic rings. The molecular formula is C37H37N3O9. The van der Waals surface area contributed by atoms with Gasteiger partial charge in [0.15, 0.2) is 23.0 Å². The van der Waals surface area contributed by atoms with Crippen molar-refractivity contribution in [2.45, 2.75) is 24.4 Å². The van der Waals surface area contributed by atoms with Gasteiger partial charge in [-0.1, -0.05) is 12.1 Å². The molecule has 0 radical (unpaired) electrons. The van der Waals surface area contributed by atoms with E-state index in [0.717, 1.165) is 27.9 Å². The number of fused-ring (bicyclic) bond motifs is 3. The van der Waals surface area contributed by atoms with Crippen molar-refractivity contribution in [3.63, 3.8) is 0 Å². The summed E-state index contributed by atoms with van der Waals surface area (Å²) in [6.45, 7) is 0.297. The van der Waals surface area contributed by atoms with Crippen LogP contribution in [0.25, 0.3) is 0 Å². The number of rotatable bonds is 10. The fraction of sp³-hybridized carbons (Fsp3) is 0.297. The number of cyclic esters (lactones) is 1. The summed E-state index contributed by atoms with van der Waals surface area (Å²) in [5.41, 5.74) is 4.83. The first-order chi connectivity index (χ1) is 23.8. The Labute approximate surface area is 282 Å². The van der Waals surface area contributed by atoms with Crippen LogP contribution in [0.4, 0.5) is 11.4 Å². The first-order valence-corrected chi connectivity index (χ1v) is 16.0. The SMILES string of the molecule is CN[C@@H](Cc1ccc(O)cc1)C(=O)Nc1ccc(N[C@@H]2c3cc4c(cc3[C@@H](c3cc(OC)c(O)c(OC)c3)[C@H]3C(=O)OC[C@@H]32)OCO4)cc1. The van der Waals surface area contributed by atoms with Gasteiger partial charge in [-0.15, -0.1) is 0 Å². The zero-order valence-electron chi connectivity index (χ0n) is 27.2. The maximum absolute atomic E-state index is 13.5. The lowest BCUT2D eigenvalue weighted by Crippen LogP contribution is -2.40. The van der Waals surface area contributed by atoms with Crippen molar-refractivity contribution in [2.24, 2.45) is 11.8 Å². The van der Waals surface area contributed by atoms with Crippen LogP contribution in [0.2, 0.25) is 0 Å². The highest BCUT2D eigenvalue weighted by Crippen LogP contribution is 2.56. The highest BCUT2D eigenvalue weighted by molar-refractivity contribution is 5.95. The Hall–Kier alpha value is -5.62. The summed E-state index contributed by atoms with van der Waals surface area (Å²) in [7, 11) is 4.66. The molecule has 0 aromatic heterocycles. The molecule has 7 rings (SSSR count). The number of methoxy groups -OCH3 is 2. The second kappa shape index (κ2) is 13.1. The summed E-state index contributed by atoms with van der Waals surface area (Å²) in [6, 6.07) is 20.7. The van der Waals surface area contributed by atoms with Crippen LogP contribution in [0.15, 0.2) is 72.8 Å². The molecule has 2 aliphatic heterocycles. The summed E-state index contributed by atoms with van der Waals surface area (Å²) in [5, 5.41) is 29.9. The zero-order valence-corrected chi connectivity index (χ0v) is 27.2. The Kier molecular flexibility index (Phi) is 8.55. The highest BCUT2D eigenvalue weighted by Gasteiger charge is 2.52. The van der Waals surface area contributed by atoms with Gasteiger partial charge in [0.2, 0.25) is 18.4 Å². The highest BCUT2D eigenvalue weighted by atomic mass is 16.7. The van der Waals surface area contributed by atoms with Crippen molar-refractivity contribution in [1.82, 2.24) is 5.32 Å². The predicted molar refractivity (Wildman–Crippen MR) is 180 cm³/mol. The molecule has 0 spiro atoms. The molecule has 49 heavy (non-hydrogen) atoms. The number of aromatic hydroxyl groups is 2. The van der Waals surface area contributed by atoms with Crippen molar-refractivity contribution in [2.75, 3.05) is 45.3 Å². The van der Waals surface area contributed by atoms with Gasteiger partial charge in [0, 0.05) is 23.2 Å². The van der Waals surface area contributed by atoms with E-state index >= 15 is 0 Å². The number of hydrogen-bond donors (Lipinski definition) is 5. The zero-order chi connectivity index (χ0) is 34.2. The van der Waals surface area contributed by atoms with E-state index in [0.29, 0.717) is 23.6 Å². The number of hydrogen-bond acceptors (Lipinski definition) is 11. The van der Waals surface area contributed by atoms with Gasteiger partial charge in [-0.25, -0.2) is 0 Å². The number of anilines is 2. The Balaban J connectivity index is 1.18. The summed E-state index contributed by atoms with van der Waals surface area (Å²) in [5.74, 6) is -0.0828. The lowest BCUT2D eigenvalue weighted by atomic mass is 9.65. The van der Waals surface area contributed by atoms with Gasteiger partial charge < -0.3 is 49.8 Å². The predicted octanol–water partition coefficient (Wildman–Crippen LogP) is 4.70. The summed E-state index contributed by atoms with van der Waals surface area (Å²) >= 11 is 0. The van der Waals surface area contributed by atoms with E-state index in [-0.39, 0.29) is 60.2 Å². The van der Waals surface area contributed by atoms with Crippen LogP contribution in [-0.4, -0.2) is 62.8 Å². The second-order valence-electron chi connectivity index (χ2n) is 12.3. The molecule has 5 atom stereocenters. The number of likely N-dealkylation sites (N-methyl/N-ethyl adjacent to an activating group) is 1. The molecule has 1 aliphatic carbocycles. The first-order valence-electron chi connectivity index (χ1n) is 16.0. The van der Waals surface area contributed by atoms with Gasteiger partial charge in [0.25, 0.3) is 0 Å². The lowest BCUT2D eigenvalue weighted by molar-refractivity contribution is -0.141.